The number of hydrazine groups is 1. The molecule has 0 radical (unpaired) electrons. The zero-order valence-electron chi connectivity index (χ0n) is 6.66. The van der Waals surface area contributed by atoms with E-state index in [1.807, 2.05) is 18.2 Å². The monoisotopic (exact) mass is 162 g/mol. The van der Waals surface area contributed by atoms with Gasteiger partial charge in [0.05, 0.1) is 0 Å². The maximum absolute atomic E-state index is 10.4. The summed E-state index contributed by atoms with van der Waals surface area (Å²) in [5.41, 5.74) is 3.12. The summed E-state index contributed by atoms with van der Waals surface area (Å²) in [6, 6.07) is 5.69. The van der Waals surface area contributed by atoms with Gasteiger partial charge in [-0.25, -0.2) is 5.01 Å². The maximum Gasteiger partial charge on any atom is 0.150 e. The molecule has 0 saturated heterocycles. The molecule has 1 aliphatic heterocycles. The molecule has 0 saturated carbocycles. The first-order chi connectivity index (χ1) is 5.79. The highest BCUT2D eigenvalue weighted by Crippen LogP contribution is 2.20. The van der Waals surface area contributed by atoms with E-state index in [2.05, 4.69) is 0 Å². The van der Waals surface area contributed by atoms with Crippen LogP contribution in [0.5, 0.6) is 0 Å². The first-order valence-corrected chi connectivity index (χ1v) is 3.86. The number of carbonyl (C=O) groups excluding carboxylic acids is 1. The second-order valence-corrected chi connectivity index (χ2v) is 3.05. The fraction of sp³-hybridized carbons (Fsp3) is 0.222. The summed E-state index contributed by atoms with van der Waals surface area (Å²) in [6.45, 7) is 1.53. The number of hydrogen-bond acceptors (Lipinski definition) is 3. The molecule has 62 valence electrons. The van der Waals surface area contributed by atoms with Crippen LogP contribution in [0.1, 0.15) is 21.5 Å². The van der Waals surface area contributed by atoms with Gasteiger partial charge in [-0.3, -0.25) is 10.6 Å². The van der Waals surface area contributed by atoms with Gasteiger partial charge >= 0.3 is 0 Å². The highest BCUT2D eigenvalue weighted by atomic mass is 16.1. The van der Waals surface area contributed by atoms with Crippen molar-refractivity contribution in [3.63, 3.8) is 0 Å². The van der Waals surface area contributed by atoms with Crippen molar-refractivity contribution in [2.75, 3.05) is 0 Å². The summed E-state index contributed by atoms with van der Waals surface area (Å²) >= 11 is 0. The lowest BCUT2D eigenvalue weighted by Crippen LogP contribution is -2.23. The molecule has 0 aromatic heterocycles. The van der Waals surface area contributed by atoms with Gasteiger partial charge in [-0.15, -0.1) is 0 Å². The van der Waals surface area contributed by atoms with Crippen molar-refractivity contribution in [3.8, 4) is 0 Å². The second kappa shape index (κ2) is 2.69. The number of benzene rings is 1. The van der Waals surface area contributed by atoms with Crippen molar-refractivity contribution in [2.24, 2.45) is 5.84 Å². The van der Waals surface area contributed by atoms with E-state index in [0.717, 1.165) is 24.9 Å². The van der Waals surface area contributed by atoms with Gasteiger partial charge in [0, 0.05) is 18.7 Å². The molecule has 0 amide bonds. The second-order valence-electron chi connectivity index (χ2n) is 3.05. The molecule has 3 heteroatoms. The van der Waals surface area contributed by atoms with Gasteiger partial charge in [0.1, 0.15) is 6.29 Å². The molecule has 1 aliphatic rings. The Morgan fingerprint density at radius 1 is 1.33 bits per heavy atom. The minimum absolute atomic E-state index is 0.726. The van der Waals surface area contributed by atoms with E-state index in [1.54, 1.807) is 5.01 Å². The number of nitrogens with two attached hydrogens (primary N) is 1. The first kappa shape index (κ1) is 7.46. The minimum Gasteiger partial charge on any atom is -0.298 e. The number of aldehydes is 1. The van der Waals surface area contributed by atoms with E-state index in [-0.39, 0.29) is 0 Å². The van der Waals surface area contributed by atoms with Crippen molar-refractivity contribution < 1.29 is 4.79 Å². The summed E-state index contributed by atoms with van der Waals surface area (Å²) in [4.78, 5) is 10.4. The zero-order valence-corrected chi connectivity index (χ0v) is 6.66. The molecule has 0 fully saturated rings. The Hall–Kier alpha value is -1.19. The predicted molar refractivity (Wildman–Crippen MR) is 45.3 cm³/mol. The molecule has 3 nitrogen and oxygen atoms in total. The molecule has 1 aromatic rings. The van der Waals surface area contributed by atoms with Gasteiger partial charge in [-0.2, -0.15) is 0 Å². The Morgan fingerprint density at radius 3 is 2.83 bits per heavy atom. The van der Waals surface area contributed by atoms with Crippen molar-refractivity contribution in [3.05, 3.63) is 34.9 Å². The third kappa shape index (κ3) is 1.13. The van der Waals surface area contributed by atoms with E-state index in [9.17, 15) is 4.79 Å². The standard InChI is InChI=1S/C9H10N2O/c10-11-4-8-2-1-7(6-12)3-9(8)5-11/h1-3,6H,4-5,10H2. The quantitative estimate of drug-likeness (QED) is 0.488. The fourth-order valence-corrected chi connectivity index (χ4v) is 1.51. The number of nitrogens with zero attached hydrogens (tertiary/aromatic N) is 1. The Morgan fingerprint density at radius 2 is 2.08 bits per heavy atom. The van der Waals surface area contributed by atoms with Crippen LogP contribution in [0.2, 0.25) is 0 Å². The third-order valence-corrected chi connectivity index (χ3v) is 2.11. The van der Waals surface area contributed by atoms with E-state index in [4.69, 9.17) is 5.84 Å². The molecule has 0 unspecified atom stereocenters. The topological polar surface area (TPSA) is 46.3 Å². The van der Waals surface area contributed by atoms with Crippen LogP contribution in [-0.4, -0.2) is 11.3 Å². The predicted octanol–water partition coefficient (Wildman–Crippen LogP) is 0.688. The van der Waals surface area contributed by atoms with Gasteiger partial charge in [0.2, 0.25) is 0 Å². The van der Waals surface area contributed by atoms with Gasteiger partial charge in [0.15, 0.2) is 0 Å². The van der Waals surface area contributed by atoms with Crippen LogP contribution >= 0.6 is 0 Å². The number of rotatable bonds is 1. The van der Waals surface area contributed by atoms with Crippen LogP contribution in [0, 0.1) is 0 Å². The third-order valence-electron chi connectivity index (χ3n) is 2.11. The molecule has 0 aliphatic carbocycles. The lowest BCUT2D eigenvalue weighted by atomic mass is 10.1. The van der Waals surface area contributed by atoms with Crippen molar-refractivity contribution >= 4 is 6.29 Å². The van der Waals surface area contributed by atoms with Crippen molar-refractivity contribution in [1.29, 1.82) is 0 Å². The normalized spacial score (nSPS) is 16.1. The molecule has 0 atom stereocenters. The van der Waals surface area contributed by atoms with Crippen molar-refractivity contribution in [2.45, 2.75) is 13.1 Å². The largest absolute Gasteiger partial charge is 0.298 e. The molecule has 0 spiro atoms. The molecule has 12 heavy (non-hydrogen) atoms. The Labute approximate surface area is 70.8 Å². The summed E-state index contributed by atoms with van der Waals surface area (Å²) < 4.78 is 0. The smallest absolute Gasteiger partial charge is 0.150 e. The van der Waals surface area contributed by atoms with Crippen molar-refractivity contribution in [1.82, 2.24) is 5.01 Å². The fourth-order valence-electron chi connectivity index (χ4n) is 1.51. The van der Waals surface area contributed by atoms with Gasteiger partial charge in [-0.05, 0) is 17.2 Å². The molecule has 0 bridgehead atoms. The van der Waals surface area contributed by atoms with Gasteiger partial charge < -0.3 is 0 Å². The SMILES string of the molecule is NN1Cc2ccc(C=O)cc2C1. The summed E-state index contributed by atoms with van der Waals surface area (Å²) in [5.74, 6) is 5.62. The van der Waals surface area contributed by atoms with Gasteiger partial charge in [-0.1, -0.05) is 12.1 Å². The molecule has 2 rings (SSSR count). The van der Waals surface area contributed by atoms with Crippen LogP contribution in [0.4, 0.5) is 0 Å². The van der Waals surface area contributed by atoms with Crippen LogP contribution in [0.25, 0.3) is 0 Å². The Kier molecular flexibility index (Phi) is 1.67. The average molecular weight is 162 g/mol. The molecule has 1 aromatic carbocycles. The van der Waals surface area contributed by atoms with Gasteiger partial charge in [0.25, 0.3) is 0 Å². The van der Waals surface area contributed by atoms with Crippen LogP contribution in [0.15, 0.2) is 18.2 Å². The van der Waals surface area contributed by atoms with E-state index >= 15 is 0 Å². The number of carbonyl (C=O) groups is 1. The summed E-state index contributed by atoms with van der Waals surface area (Å²) in [5, 5.41) is 1.74. The lowest BCUT2D eigenvalue weighted by molar-refractivity contribution is 0.112. The van der Waals surface area contributed by atoms with E-state index in [1.165, 1.54) is 11.1 Å². The lowest BCUT2D eigenvalue weighted by Gasteiger charge is -2.02. The summed E-state index contributed by atoms with van der Waals surface area (Å²) in [7, 11) is 0. The highest BCUT2D eigenvalue weighted by Gasteiger charge is 2.15. The molecule has 1 heterocycles. The number of fused-ring (bicyclic) bond motifs is 1. The average Bonchev–Trinajstić information content (AvgIpc) is 2.43. The zero-order chi connectivity index (χ0) is 8.55. The number of hydrogen-bond donors (Lipinski definition) is 1. The summed E-state index contributed by atoms with van der Waals surface area (Å²) in [6.07, 6.45) is 0.861. The molecular weight excluding hydrogens is 152 g/mol. The first-order valence-electron chi connectivity index (χ1n) is 3.86. The minimum atomic E-state index is 0.726. The maximum atomic E-state index is 10.4. The highest BCUT2D eigenvalue weighted by molar-refractivity contribution is 5.75. The van der Waals surface area contributed by atoms with Crippen LogP contribution in [0.3, 0.4) is 0 Å². The van der Waals surface area contributed by atoms with E-state index in [0.29, 0.717) is 0 Å². The molecule has 2 N–H and O–H groups in total. The Balaban J connectivity index is 2.41. The Bertz CT molecular complexity index is 322. The van der Waals surface area contributed by atoms with Crippen LogP contribution in [-0.2, 0) is 13.1 Å². The van der Waals surface area contributed by atoms with E-state index < -0.39 is 0 Å². The van der Waals surface area contributed by atoms with Crippen LogP contribution < -0.4 is 5.84 Å². The molecular formula is C9H10N2O.